The number of carbonyl (C=O) groups excluding carboxylic acids is 1. The van der Waals surface area contributed by atoms with Crippen molar-refractivity contribution in [3.63, 3.8) is 0 Å². The number of carbonyl (C=O) groups is 1. The fraction of sp³-hybridized carbons (Fsp3) is 0.0667. The SMILES string of the molecule is COc1c(O)ccc(C=NNC(=O)c2ccc(F)cc2)c1[N+](=O)[O-]. The average molecular weight is 333 g/mol. The third-order valence-corrected chi connectivity index (χ3v) is 3.00. The molecule has 2 rings (SSSR count). The zero-order valence-corrected chi connectivity index (χ0v) is 12.4. The Bertz CT molecular complexity index is 806. The summed E-state index contributed by atoms with van der Waals surface area (Å²) in [6, 6.07) is 7.24. The fourth-order valence-corrected chi connectivity index (χ4v) is 1.90. The van der Waals surface area contributed by atoms with Crippen molar-refractivity contribution in [2.75, 3.05) is 7.11 Å². The lowest BCUT2D eigenvalue weighted by molar-refractivity contribution is -0.386. The molecule has 0 unspecified atom stereocenters. The highest BCUT2D eigenvalue weighted by Crippen LogP contribution is 2.37. The fourth-order valence-electron chi connectivity index (χ4n) is 1.90. The van der Waals surface area contributed by atoms with Crippen LogP contribution in [-0.4, -0.2) is 29.3 Å². The molecular formula is C15H12FN3O5. The minimum absolute atomic E-state index is 0.0223. The second-order valence-electron chi connectivity index (χ2n) is 4.52. The number of amides is 1. The monoisotopic (exact) mass is 333 g/mol. The van der Waals surface area contributed by atoms with Crippen LogP contribution in [0.5, 0.6) is 11.5 Å². The third kappa shape index (κ3) is 3.64. The first-order valence-corrected chi connectivity index (χ1v) is 6.57. The van der Waals surface area contributed by atoms with Gasteiger partial charge in [0.05, 0.1) is 23.8 Å². The molecule has 2 aromatic carbocycles. The van der Waals surface area contributed by atoms with E-state index >= 15 is 0 Å². The van der Waals surface area contributed by atoms with Gasteiger partial charge >= 0.3 is 5.69 Å². The smallest absolute Gasteiger partial charge is 0.323 e. The van der Waals surface area contributed by atoms with Gasteiger partial charge in [0.25, 0.3) is 5.91 Å². The highest BCUT2D eigenvalue weighted by molar-refractivity contribution is 5.95. The minimum Gasteiger partial charge on any atom is -0.504 e. The third-order valence-electron chi connectivity index (χ3n) is 3.00. The van der Waals surface area contributed by atoms with Gasteiger partial charge in [-0.2, -0.15) is 5.10 Å². The van der Waals surface area contributed by atoms with Crippen LogP contribution in [0.1, 0.15) is 15.9 Å². The van der Waals surface area contributed by atoms with Crippen LogP contribution in [0.25, 0.3) is 0 Å². The Morgan fingerprint density at radius 3 is 2.58 bits per heavy atom. The quantitative estimate of drug-likeness (QED) is 0.495. The standard InChI is InChI=1S/C15H12FN3O5/c1-24-14-12(20)7-4-10(13(14)19(22)23)8-17-18-15(21)9-2-5-11(16)6-3-9/h2-8,20H,1H3,(H,18,21). The van der Waals surface area contributed by atoms with Crippen LogP contribution in [0.4, 0.5) is 10.1 Å². The second kappa shape index (κ2) is 7.18. The van der Waals surface area contributed by atoms with Gasteiger partial charge in [0.1, 0.15) is 5.82 Å². The summed E-state index contributed by atoms with van der Waals surface area (Å²) in [5.74, 6) is -1.80. The van der Waals surface area contributed by atoms with Crippen LogP contribution in [0.15, 0.2) is 41.5 Å². The van der Waals surface area contributed by atoms with Gasteiger partial charge in [-0.1, -0.05) is 0 Å². The topological polar surface area (TPSA) is 114 Å². The number of nitrogens with one attached hydrogen (secondary N) is 1. The number of hydrogen-bond acceptors (Lipinski definition) is 6. The molecule has 0 aliphatic carbocycles. The number of halogens is 1. The molecule has 2 aromatic rings. The molecule has 124 valence electrons. The maximum atomic E-state index is 12.8. The first kappa shape index (κ1) is 16.9. The molecule has 0 heterocycles. The van der Waals surface area contributed by atoms with E-state index in [1.165, 1.54) is 31.4 Å². The van der Waals surface area contributed by atoms with E-state index in [4.69, 9.17) is 4.74 Å². The number of nitrogens with zero attached hydrogens (tertiary/aromatic N) is 2. The van der Waals surface area contributed by atoms with Crippen LogP contribution in [0.2, 0.25) is 0 Å². The molecule has 9 heteroatoms. The maximum Gasteiger partial charge on any atom is 0.323 e. The van der Waals surface area contributed by atoms with Crippen molar-refractivity contribution in [2.45, 2.75) is 0 Å². The van der Waals surface area contributed by atoms with Gasteiger partial charge < -0.3 is 9.84 Å². The molecule has 0 atom stereocenters. The van der Waals surface area contributed by atoms with Crippen molar-refractivity contribution in [3.05, 3.63) is 63.5 Å². The number of ether oxygens (including phenoxy) is 1. The summed E-state index contributed by atoms with van der Waals surface area (Å²) in [6.07, 6.45) is 1.04. The molecule has 0 aliphatic heterocycles. The van der Waals surface area contributed by atoms with Crippen molar-refractivity contribution < 1.29 is 24.0 Å². The van der Waals surface area contributed by atoms with Crippen molar-refractivity contribution in [3.8, 4) is 11.5 Å². The Balaban J connectivity index is 2.21. The second-order valence-corrected chi connectivity index (χ2v) is 4.52. The molecule has 0 bridgehead atoms. The summed E-state index contributed by atoms with van der Waals surface area (Å²) >= 11 is 0. The van der Waals surface area contributed by atoms with Crippen LogP contribution in [0.3, 0.4) is 0 Å². The Hall–Kier alpha value is -3.49. The molecule has 0 saturated carbocycles. The molecule has 0 spiro atoms. The summed E-state index contributed by atoms with van der Waals surface area (Å²) in [5, 5.41) is 24.3. The summed E-state index contributed by atoms with van der Waals surface area (Å²) in [6.45, 7) is 0. The van der Waals surface area contributed by atoms with E-state index in [0.717, 1.165) is 18.3 Å². The van der Waals surface area contributed by atoms with Crippen molar-refractivity contribution >= 4 is 17.8 Å². The highest BCUT2D eigenvalue weighted by Gasteiger charge is 2.23. The number of hydrogen-bond donors (Lipinski definition) is 2. The number of phenolic OH excluding ortho intramolecular Hbond substituents is 1. The molecule has 1 amide bonds. The first-order valence-electron chi connectivity index (χ1n) is 6.57. The van der Waals surface area contributed by atoms with E-state index in [1.54, 1.807) is 0 Å². The van der Waals surface area contributed by atoms with Crippen LogP contribution < -0.4 is 10.2 Å². The predicted octanol–water partition coefficient (Wildman–Crippen LogP) is 2.21. The number of nitro benzene ring substituents is 1. The predicted molar refractivity (Wildman–Crippen MR) is 82.8 cm³/mol. The largest absolute Gasteiger partial charge is 0.504 e. The van der Waals surface area contributed by atoms with E-state index in [0.29, 0.717) is 0 Å². The molecule has 0 aliphatic rings. The zero-order chi connectivity index (χ0) is 17.7. The number of benzene rings is 2. The molecule has 0 saturated heterocycles. The molecule has 0 fully saturated rings. The van der Waals surface area contributed by atoms with Crippen molar-refractivity contribution in [1.29, 1.82) is 0 Å². The highest BCUT2D eigenvalue weighted by atomic mass is 19.1. The van der Waals surface area contributed by atoms with Gasteiger partial charge in [0.2, 0.25) is 5.75 Å². The Kier molecular flexibility index (Phi) is 5.05. The van der Waals surface area contributed by atoms with E-state index in [1.807, 2.05) is 0 Å². The van der Waals surface area contributed by atoms with E-state index < -0.39 is 28.1 Å². The van der Waals surface area contributed by atoms with Crippen molar-refractivity contribution in [2.24, 2.45) is 5.10 Å². The number of methoxy groups -OCH3 is 1. The summed E-state index contributed by atoms with van der Waals surface area (Å²) in [5.41, 5.74) is 1.87. The Morgan fingerprint density at radius 1 is 1.33 bits per heavy atom. The Morgan fingerprint density at radius 2 is 2.00 bits per heavy atom. The average Bonchev–Trinajstić information content (AvgIpc) is 2.56. The maximum absolute atomic E-state index is 12.8. The molecular weight excluding hydrogens is 321 g/mol. The van der Waals surface area contributed by atoms with Gasteiger partial charge in [0.15, 0.2) is 5.75 Å². The lowest BCUT2D eigenvalue weighted by atomic mass is 10.1. The van der Waals surface area contributed by atoms with Gasteiger partial charge in [-0.05, 0) is 36.4 Å². The number of aromatic hydroxyl groups is 1. The zero-order valence-electron chi connectivity index (χ0n) is 12.4. The summed E-state index contributed by atoms with van der Waals surface area (Å²) < 4.78 is 17.6. The summed E-state index contributed by atoms with van der Waals surface area (Å²) in [7, 11) is 1.18. The van der Waals surface area contributed by atoms with E-state index in [9.17, 15) is 24.4 Å². The first-order chi connectivity index (χ1) is 11.4. The summed E-state index contributed by atoms with van der Waals surface area (Å²) in [4.78, 5) is 22.2. The Labute approximate surface area is 135 Å². The number of phenols is 1. The molecule has 2 N–H and O–H groups in total. The van der Waals surface area contributed by atoms with Gasteiger partial charge in [-0.3, -0.25) is 14.9 Å². The van der Waals surface area contributed by atoms with Gasteiger partial charge in [0, 0.05) is 5.56 Å². The van der Waals surface area contributed by atoms with Crippen LogP contribution in [-0.2, 0) is 0 Å². The normalized spacial score (nSPS) is 10.6. The molecule has 0 aromatic heterocycles. The minimum atomic E-state index is -0.734. The van der Waals surface area contributed by atoms with E-state index in [-0.39, 0.29) is 16.9 Å². The van der Waals surface area contributed by atoms with Crippen LogP contribution >= 0.6 is 0 Å². The molecule has 8 nitrogen and oxygen atoms in total. The lowest BCUT2D eigenvalue weighted by Gasteiger charge is -2.06. The molecule has 0 radical (unpaired) electrons. The molecule has 24 heavy (non-hydrogen) atoms. The number of rotatable bonds is 5. The number of nitro groups is 1. The van der Waals surface area contributed by atoms with E-state index in [2.05, 4.69) is 10.5 Å². The van der Waals surface area contributed by atoms with Gasteiger partial charge in [-0.15, -0.1) is 0 Å². The van der Waals surface area contributed by atoms with Crippen molar-refractivity contribution in [1.82, 2.24) is 5.43 Å². The number of hydrazone groups is 1. The van der Waals surface area contributed by atoms with Gasteiger partial charge in [-0.25, -0.2) is 9.82 Å². The van der Waals surface area contributed by atoms with Crippen LogP contribution in [0, 0.1) is 15.9 Å². The lowest BCUT2D eigenvalue weighted by Crippen LogP contribution is -2.17.